The monoisotopic (exact) mass is 366 g/mol. The van der Waals surface area contributed by atoms with E-state index in [1.165, 1.54) is 12.1 Å². The van der Waals surface area contributed by atoms with Crippen LogP contribution in [0.4, 0.5) is 18.9 Å². The highest BCUT2D eigenvalue weighted by Gasteiger charge is 2.30. The van der Waals surface area contributed by atoms with Crippen molar-refractivity contribution in [3.05, 3.63) is 90.1 Å². The number of alkyl halides is 3. The van der Waals surface area contributed by atoms with E-state index in [1.807, 2.05) is 54.7 Å². The fourth-order valence-corrected chi connectivity index (χ4v) is 3.23. The van der Waals surface area contributed by atoms with E-state index in [-0.39, 0.29) is 0 Å². The van der Waals surface area contributed by atoms with Gasteiger partial charge in [0.1, 0.15) is 0 Å². The first-order valence-electron chi connectivity index (χ1n) is 8.51. The maximum Gasteiger partial charge on any atom is 0.416 e. The third-order valence-corrected chi connectivity index (χ3v) is 4.63. The van der Waals surface area contributed by atoms with Crippen LogP contribution in [0.2, 0.25) is 0 Å². The Bertz CT molecular complexity index is 1090. The fraction of sp³-hybridized carbons (Fsp3) is 0.0909. The minimum absolute atomic E-state index is 0.554. The lowest BCUT2D eigenvalue weighted by Crippen LogP contribution is -2.04. The third kappa shape index (κ3) is 3.53. The Balaban J connectivity index is 1.59. The van der Waals surface area contributed by atoms with Crippen LogP contribution in [0.15, 0.2) is 79.0 Å². The van der Waals surface area contributed by atoms with Crippen molar-refractivity contribution in [3.8, 4) is 11.1 Å². The van der Waals surface area contributed by atoms with Crippen LogP contribution in [0.3, 0.4) is 0 Å². The molecule has 1 aromatic heterocycles. The standard InChI is InChI=1S/C22H17F3N2/c23-22(24,25)19-3-1-2-17(12-19)16-6-4-15(5-7-16)14-27-11-10-18-13-20(26)8-9-21(18)27/h1-13H,14,26H2. The molecule has 0 aliphatic rings. The average Bonchev–Trinajstić information content (AvgIpc) is 3.03. The van der Waals surface area contributed by atoms with Crippen LogP contribution in [0.5, 0.6) is 0 Å². The average molecular weight is 366 g/mol. The topological polar surface area (TPSA) is 30.9 Å². The van der Waals surface area contributed by atoms with Crippen molar-refractivity contribution < 1.29 is 13.2 Å². The number of hydrogen-bond acceptors (Lipinski definition) is 1. The Kier molecular flexibility index (Phi) is 4.15. The number of halogens is 3. The van der Waals surface area contributed by atoms with Crippen LogP contribution in [-0.2, 0) is 12.7 Å². The van der Waals surface area contributed by atoms with Crippen molar-refractivity contribution in [2.24, 2.45) is 0 Å². The molecule has 0 aliphatic heterocycles. The number of rotatable bonds is 3. The number of aromatic nitrogens is 1. The number of hydrogen-bond donors (Lipinski definition) is 1. The van der Waals surface area contributed by atoms with Gasteiger partial charge in [0, 0.05) is 29.3 Å². The van der Waals surface area contributed by atoms with Gasteiger partial charge in [0.15, 0.2) is 0 Å². The Morgan fingerprint density at radius 2 is 1.59 bits per heavy atom. The second kappa shape index (κ2) is 6.50. The molecule has 0 amide bonds. The minimum Gasteiger partial charge on any atom is -0.399 e. The van der Waals surface area contributed by atoms with E-state index < -0.39 is 11.7 Å². The van der Waals surface area contributed by atoms with Gasteiger partial charge in [-0.05, 0) is 53.1 Å². The van der Waals surface area contributed by atoms with Crippen molar-refractivity contribution in [1.29, 1.82) is 0 Å². The molecule has 0 aliphatic carbocycles. The smallest absolute Gasteiger partial charge is 0.399 e. The SMILES string of the molecule is Nc1ccc2c(ccn2Cc2ccc(-c3cccc(C(F)(F)F)c3)cc2)c1. The molecule has 4 aromatic rings. The van der Waals surface area contributed by atoms with Crippen LogP contribution in [-0.4, -0.2) is 4.57 Å². The highest BCUT2D eigenvalue weighted by molar-refractivity contribution is 5.83. The first-order valence-corrected chi connectivity index (χ1v) is 8.51. The molecule has 0 bridgehead atoms. The molecule has 4 rings (SSSR count). The van der Waals surface area contributed by atoms with Gasteiger partial charge < -0.3 is 10.3 Å². The van der Waals surface area contributed by atoms with Crippen molar-refractivity contribution in [3.63, 3.8) is 0 Å². The van der Waals surface area contributed by atoms with E-state index in [0.29, 0.717) is 12.1 Å². The Labute approximate surface area is 154 Å². The molecule has 0 saturated heterocycles. The van der Waals surface area contributed by atoms with Crippen molar-refractivity contribution in [2.75, 3.05) is 5.73 Å². The van der Waals surface area contributed by atoms with E-state index in [4.69, 9.17) is 5.73 Å². The Hall–Kier alpha value is -3.21. The largest absolute Gasteiger partial charge is 0.416 e. The fourth-order valence-electron chi connectivity index (χ4n) is 3.23. The molecule has 27 heavy (non-hydrogen) atoms. The van der Waals surface area contributed by atoms with Gasteiger partial charge in [-0.2, -0.15) is 13.2 Å². The van der Waals surface area contributed by atoms with E-state index in [0.717, 1.165) is 33.8 Å². The summed E-state index contributed by atoms with van der Waals surface area (Å²) >= 11 is 0. The highest BCUT2D eigenvalue weighted by atomic mass is 19.4. The Morgan fingerprint density at radius 1 is 0.815 bits per heavy atom. The van der Waals surface area contributed by atoms with Crippen molar-refractivity contribution in [1.82, 2.24) is 4.57 Å². The molecule has 1 heterocycles. The summed E-state index contributed by atoms with van der Waals surface area (Å²) in [5.74, 6) is 0. The zero-order valence-corrected chi connectivity index (χ0v) is 14.4. The van der Waals surface area contributed by atoms with Gasteiger partial charge >= 0.3 is 6.18 Å². The lowest BCUT2D eigenvalue weighted by Gasteiger charge is -2.10. The second-order valence-electron chi connectivity index (χ2n) is 6.54. The summed E-state index contributed by atoms with van der Waals surface area (Å²) < 4.78 is 40.8. The number of benzene rings is 3. The normalized spacial score (nSPS) is 11.8. The molecule has 0 fully saturated rings. The van der Waals surface area contributed by atoms with Crippen molar-refractivity contribution in [2.45, 2.75) is 12.7 Å². The maximum absolute atomic E-state index is 12.9. The molecular formula is C22H17F3N2. The summed E-state index contributed by atoms with van der Waals surface area (Å²) in [4.78, 5) is 0. The number of anilines is 1. The van der Waals surface area contributed by atoms with Gasteiger partial charge in [0.25, 0.3) is 0 Å². The van der Waals surface area contributed by atoms with Crippen LogP contribution >= 0.6 is 0 Å². The number of nitrogens with two attached hydrogens (primary N) is 1. The van der Waals surface area contributed by atoms with E-state index >= 15 is 0 Å². The highest BCUT2D eigenvalue weighted by Crippen LogP contribution is 2.32. The quantitative estimate of drug-likeness (QED) is 0.446. The van der Waals surface area contributed by atoms with Gasteiger partial charge in [-0.25, -0.2) is 0 Å². The van der Waals surface area contributed by atoms with Gasteiger partial charge in [-0.1, -0.05) is 36.4 Å². The van der Waals surface area contributed by atoms with E-state index in [1.54, 1.807) is 6.07 Å². The maximum atomic E-state index is 12.9. The molecular weight excluding hydrogens is 349 g/mol. The number of nitrogens with zero attached hydrogens (tertiary/aromatic N) is 1. The molecule has 2 nitrogen and oxygen atoms in total. The number of nitrogen functional groups attached to an aromatic ring is 1. The van der Waals surface area contributed by atoms with Crippen LogP contribution in [0.1, 0.15) is 11.1 Å². The molecule has 0 saturated carbocycles. The van der Waals surface area contributed by atoms with Crippen LogP contribution in [0.25, 0.3) is 22.0 Å². The lowest BCUT2D eigenvalue weighted by molar-refractivity contribution is -0.137. The van der Waals surface area contributed by atoms with Crippen LogP contribution in [0, 0.1) is 0 Å². The first kappa shape index (κ1) is 17.2. The molecule has 0 spiro atoms. The second-order valence-corrected chi connectivity index (χ2v) is 6.54. The molecule has 2 N–H and O–H groups in total. The minimum atomic E-state index is -4.34. The molecule has 0 atom stereocenters. The van der Waals surface area contributed by atoms with E-state index in [2.05, 4.69) is 4.57 Å². The van der Waals surface area contributed by atoms with Gasteiger partial charge in [0.05, 0.1) is 5.56 Å². The molecule has 0 radical (unpaired) electrons. The number of fused-ring (bicyclic) bond motifs is 1. The summed E-state index contributed by atoms with van der Waals surface area (Å²) in [6.45, 7) is 0.677. The molecule has 0 unspecified atom stereocenters. The Morgan fingerprint density at radius 3 is 2.33 bits per heavy atom. The summed E-state index contributed by atoms with van der Waals surface area (Å²) in [6, 6.07) is 20.8. The molecule has 3 aromatic carbocycles. The van der Waals surface area contributed by atoms with E-state index in [9.17, 15) is 13.2 Å². The third-order valence-electron chi connectivity index (χ3n) is 4.63. The molecule has 136 valence electrons. The zero-order valence-electron chi connectivity index (χ0n) is 14.4. The predicted molar refractivity (Wildman–Crippen MR) is 102 cm³/mol. The summed E-state index contributed by atoms with van der Waals surface area (Å²) in [5.41, 5.74) is 9.38. The summed E-state index contributed by atoms with van der Waals surface area (Å²) in [7, 11) is 0. The molecule has 5 heteroatoms. The van der Waals surface area contributed by atoms with Gasteiger partial charge in [-0.15, -0.1) is 0 Å². The zero-order chi connectivity index (χ0) is 19.0. The summed E-state index contributed by atoms with van der Waals surface area (Å²) in [5, 5.41) is 1.08. The first-order chi connectivity index (χ1) is 12.9. The van der Waals surface area contributed by atoms with Crippen molar-refractivity contribution >= 4 is 16.6 Å². The van der Waals surface area contributed by atoms with Gasteiger partial charge in [-0.3, -0.25) is 0 Å². The van der Waals surface area contributed by atoms with Crippen LogP contribution < -0.4 is 5.73 Å². The predicted octanol–water partition coefficient (Wildman–Crippen LogP) is 5.96. The summed E-state index contributed by atoms with van der Waals surface area (Å²) in [6.07, 6.45) is -2.33. The van der Waals surface area contributed by atoms with Gasteiger partial charge in [0.2, 0.25) is 0 Å². The lowest BCUT2D eigenvalue weighted by atomic mass is 10.0.